The van der Waals surface area contributed by atoms with Crippen LogP contribution in [0.5, 0.6) is 0 Å². The summed E-state index contributed by atoms with van der Waals surface area (Å²) in [5, 5.41) is 7.14. The van der Waals surface area contributed by atoms with Gasteiger partial charge in [0.2, 0.25) is 5.56 Å². The number of aryl methyl sites for hydroxylation is 1. The molecule has 0 aliphatic rings. The summed E-state index contributed by atoms with van der Waals surface area (Å²) in [6.45, 7) is 1.87. The highest BCUT2D eigenvalue weighted by molar-refractivity contribution is 5.93. The fourth-order valence-corrected chi connectivity index (χ4v) is 2.69. The summed E-state index contributed by atoms with van der Waals surface area (Å²) >= 11 is 0. The van der Waals surface area contributed by atoms with Crippen molar-refractivity contribution in [3.05, 3.63) is 88.6 Å². The lowest BCUT2D eigenvalue weighted by Crippen LogP contribution is -2.25. The van der Waals surface area contributed by atoms with Crippen molar-refractivity contribution in [1.82, 2.24) is 19.7 Å². The van der Waals surface area contributed by atoms with Crippen molar-refractivity contribution in [2.24, 2.45) is 0 Å². The highest BCUT2D eigenvalue weighted by Gasteiger charge is 2.08. The van der Waals surface area contributed by atoms with Crippen molar-refractivity contribution in [1.29, 1.82) is 0 Å². The van der Waals surface area contributed by atoms with Crippen molar-refractivity contribution in [3.63, 3.8) is 0 Å². The smallest absolute Gasteiger partial charge is 0.254 e. The lowest BCUT2D eigenvalue weighted by Gasteiger charge is -2.06. The van der Waals surface area contributed by atoms with Gasteiger partial charge in [0.25, 0.3) is 5.91 Å². The summed E-state index contributed by atoms with van der Waals surface area (Å²) in [7, 11) is 0. The number of hydrogen-bond acceptors (Lipinski definition) is 3. The van der Waals surface area contributed by atoms with E-state index in [9.17, 15) is 9.59 Å². The number of hydrogen-bond donors (Lipinski definition) is 1. The molecule has 0 aliphatic heterocycles. The molecule has 0 saturated carbocycles. The third-order valence-electron chi connectivity index (χ3n) is 4.09. The first-order chi connectivity index (χ1) is 12.7. The number of unbranched alkanes of at least 4 members (excludes halogenated alkanes) is 1. The van der Waals surface area contributed by atoms with Crippen LogP contribution in [0.1, 0.15) is 28.8 Å². The molecule has 0 saturated heterocycles. The molecule has 134 valence electrons. The molecule has 0 aliphatic carbocycles. The van der Waals surface area contributed by atoms with E-state index < -0.39 is 0 Å². The highest BCUT2D eigenvalue weighted by Crippen LogP contribution is 2.04. The third kappa shape index (κ3) is 4.92. The Morgan fingerprint density at radius 3 is 2.65 bits per heavy atom. The summed E-state index contributed by atoms with van der Waals surface area (Å²) in [5.41, 5.74) is 1.70. The van der Waals surface area contributed by atoms with Crippen molar-refractivity contribution < 1.29 is 4.79 Å². The van der Waals surface area contributed by atoms with E-state index in [0.717, 1.165) is 18.4 Å². The largest absolute Gasteiger partial charge is 0.352 e. The third-order valence-corrected chi connectivity index (χ3v) is 4.09. The number of benzene rings is 1. The maximum atomic E-state index is 12.2. The minimum Gasteiger partial charge on any atom is -0.352 e. The first-order valence-electron chi connectivity index (χ1n) is 8.72. The maximum absolute atomic E-state index is 12.2. The van der Waals surface area contributed by atoms with Crippen LogP contribution in [0, 0.1) is 0 Å². The van der Waals surface area contributed by atoms with E-state index in [4.69, 9.17) is 0 Å². The molecule has 0 fully saturated rings. The molecule has 1 aromatic carbocycles. The molecule has 0 radical (unpaired) electrons. The molecule has 2 heterocycles. The predicted molar refractivity (Wildman–Crippen MR) is 100 cm³/mol. The molecule has 1 amide bonds. The molecule has 26 heavy (non-hydrogen) atoms. The number of pyridine rings is 1. The van der Waals surface area contributed by atoms with Crippen LogP contribution >= 0.6 is 0 Å². The van der Waals surface area contributed by atoms with Gasteiger partial charge in [-0.3, -0.25) is 14.3 Å². The zero-order valence-corrected chi connectivity index (χ0v) is 14.5. The Labute approximate surface area is 152 Å². The fraction of sp³-hybridized carbons (Fsp3) is 0.250. The Morgan fingerprint density at radius 2 is 1.85 bits per heavy atom. The second-order valence-corrected chi connectivity index (χ2v) is 6.11. The summed E-state index contributed by atoms with van der Waals surface area (Å²) < 4.78 is 3.43. The molecule has 1 N–H and O–H groups in total. The van der Waals surface area contributed by atoms with Crippen LogP contribution in [0.4, 0.5) is 0 Å². The van der Waals surface area contributed by atoms with Crippen LogP contribution in [-0.2, 0) is 13.1 Å². The molecular formula is C20H22N4O2. The number of aromatic nitrogens is 3. The van der Waals surface area contributed by atoms with Crippen LogP contribution < -0.4 is 10.9 Å². The Balaban J connectivity index is 1.41. The van der Waals surface area contributed by atoms with Gasteiger partial charge in [-0.1, -0.05) is 36.4 Å². The van der Waals surface area contributed by atoms with E-state index >= 15 is 0 Å². The van der Waals surface area contributed by atoms with Crippen molar-refractivity contribution in [2.45, 2.75) is 25.9 Å². The second-order valence-electron chi connectivity index (χ2n) is 6.11. The number of nitrogens with zero attached hydrogens (tertiary/aromatic N) is 3. The molecular weight excluding hydrogens is 328 g/mol. The topological polar surface area (TPSA) is 68.9 Å². The minimum absolute atomic E-state index is 0.00219. The average molecular weight is 350 g/mol. The number of amides is 1. The van der Waals surface area contributed by atoms with Gasteiger partial charge in [0.15, 0.2) is 0 Å². The summed E-state index contributed by atoms with van der Waals surface area (Å²) in [4.78, 5) is 23.8. The molecule has 0 bridgehead atoms. The standard InChI is InChI=1S/C20H22N4O2/c25-19-10-4-6-12-23(19)13-7-5-11-21-20(26)18-14-22-24(16-18)15-17-8-2-1-3-9-17/h1-4,6,8-10,12,14,16H,5,7,11,13,15H2,(H,21,26). The Morgan fingerprint density at radius 1 is 1.04 bits per heavy atom. The Kier molecular flexibility index (Phi) is 5.98. The molecule has 0 atom stereocenters. The Bertz CT molecular complexity index is 899. The lowest BCUT2D eigenvalue weighted by atomic mass is 10.2. The van der Waals surface area contributed by atoms with E-state index in [1.807, 2.05) is 36.4 Å². The van der Waals surface area contributed by atoms with Crippen LogP contribution in [0.2, 0.25) is 0 Å². The van der Waals surface area contributed by atoms with Gasteiger partial charge in [0.1, 0.15) is 0 Å². The van der Waals surface area contributed by atoms with Gasteiger partial charge in [-0.15, -0.1) is 0 Å². The van der Waals surface area contributed by atoms with Gasteiger partial charge in [-0.05, 0) is 24.5 Å². The molecule has 2 aromatic heterocycles. The van der Waals surface area contributed by atoms with Crippen molar-refractivity contribution >= 4 is 5.91 Å². The zero-order valence-electron chi connectivity index (χ0n) is 14.5. The van der Waals surface area contributed by atoms with Gasteiger partial charge in [-0.25, -0.2) is 0 Å². The number of nitrogens with one attached hydrogen (secondary N) is 1. The molecule has 6 heteroatoms. The van der Waals surface area contributed by atoms with E-state index in [1.54, 1.807) is 40.0 Å². The lowest BCUT2D eigenvalue weighted by molar-refractivity contribution is 0.0952. The van der Waals surface area contributed by atoms with E-state index in [2.05, 4.69) is 10.4 Å². The maximum Gasteiger partial charge on any atom is 0.254 e. The molecule has 3 aromatic rings. The SMILES string of the molecule is O=C(NCCCCn1ccccc1=O)c1cnn(Cc2ccccc2)c1. The average Bonchev–Trinajstić information content (AvgIpc) is 3.12. The molecule has 0 spiro atoms. The van der Waals surface area contributed by atoms with Crippen LogP contribution in [-0.4, -0.2) is 26.8 Å². The second kappa shape index (κ2) is 8.80. The van der Waals surface area contributed by atoms with Crippen molar-refractivity contribution in [3.8, 4) is 0 Å². The van der Waals surface area contributed by atoms with Crippen LogP contribution in [0.25, 0.3) is 0 Å². The first-order valence-corrected chi connectivity index (χ1v) is 8.72. The first kappa shape index (κ1) is 17.7. The van der Waals surface area contributed by atoms with E-state index in [-0.39, 0.29) is 11.5 Å². The van der Waals surface area contributed by atoms with Gasteiger partial charge in [0, 0.05) is 31.5 Å². The molecule has 6 nitrogen and oxygen atoms in total. The summed E-state index contributed by atoms with van der Waals surface area (Å²) in [6, 6.07) is 15.1. The van der Waals surface area contributed by atoms with E-state index in [0.29, 0.717) is 25.2 Å². The van der Waals surface area contributed by atoms with Gasteiger partial charge in [-0.2, -0.15) is 5.10 Å². The zero-order chi connectivity index (χ0) is 18.2. The summed E-state index contributed by atoms with van der Waals surface area (Å²) in [5.74, 6) is -0.124. The minimum atomic E-state index is -0.124. The number of rotatable bonds is 8. The quantitative estimate of drug-likeness (QED) is 0.634. The highest BCUT2D eigenvalue weighted by atomic mass is 16.1. The van der Waals surface area contributed by atoms with Crippen molar-refractivity contribution in [2.75, 3.05) is 6.54 Å². The number of carbonyl (C=O) groups excluding carboxylic acids is 1. The fourth-order valence-electron chi connectivity index (χ4n) is 2.69. The molecule has 0 unspecified atom stereocenters. The normalized spacial score (nSPS) is 10.6. The molecule has 3 rings (SSSR count). The van der Waals surface area contributed by atoms with Crippen LogP contribution in [0.15, 0.2) is 71.9 Å². The monoisotopic (exact) mass is 350 g/mol. The predicted octanol–water partition coefficient (Wildman–Crippen LogP) is 2.30. The Hall–Kier alpha value is -3.15. The summed E-state index contributed by atoms with van der Waals surface area (Å²) in [6.07, 6.45) is 6.76. The number of carbonyl (C=O) groups is 1. The van der Waals surface area contributed by atoms with Gasteiger partial charge in [0.05, 0.1) is 18.3 Å². The van der Waals surface area contributed by atoms with Gasteiger partial charge < -0.3 is 9.88 Å². The van der Waals surface area contributed by atoms with Gasteiger partial charge >= 0.3 is 0 Å². The van der Waals surface area contributed by atoms with Crippen LogP contribution in [0.3, 0.4) is 0 Å². The van der Waals surface area contributed by atoms with E-state index in [1.165, 1.54) is 0 Å².